The molecule has 0 radical (unpaired) electrons. The Kier molecular flexibility index (Phi) is 10.1. The van der Waals surface area contributed by atoms with E-state index >= 15 is 0 Å². The van der Waals surface area contributed by atoms with E-state index in [-0.39, 0.29) is 58.7 Å². The van der Waals surface area contributed by atoms with Gasteiger partial charge in [-0.3, -0.25) is 0 Å². The molecule has 2 aliphatic rings. The summed E-state index contributed by atoms with van der Waals surface area (Å²) in [5.41, 5.74) is 0.246. The molecule has 2 aromatic carbocycles. The molecule has 0 spiro atoms. The van der Waals surface area contributed by atoms with Crippen LogP contribution in [-0.2, 0) is 13.1 Å². The molecule has 4 heterocycles. The van der Waals surface area contributed by atoms with Crippen molar-refractivity contribution in [2.75, 3.05) is 19.5 Å². The Hall–Kier alpha value is -2.36. The third-order valence-corrected chi connectivity index (χ3v) is 14.5. The number of carbonyl (C=O) groups excluding carboxylic acids is 1. The van der Waals surface area contributed by atoms with Crippen molar-refractivity contribution >= 4 is 66.6 Å². The second-order valence-electron chi connectivity index (χ2n) is 11.3. The third kappa shape index (κ3) is 7.15. The Bertz CT molecular complexity index is 1690. The molecule has 2 amide bonds. The van der Waals surface area contributed by atoms with Gasteiger partial charge in [0, 0.05) is 5.75 Å². The average Bonchev–Trinajstić information content (AvgIpc) is 3.74. The first-order valence-electron chi connectivity index (χ1n) is 15.1. The van der Waals surface area contributed by atoms with Crippen LogP contribution in [0.3, 0.4) is 0 Å². The summed E-state index contributed by atoms with van der Waals surface area (Å²) in [5.74, 6) is 2.51. The molecule has 2 aromatic heterocycles. The number of carbonyl (C=O) groups is 1. The number of rotatable bonds is 15. The number of nitrogens with one attached hydrogen (secondary N) is 2. The van der Waals surface area contributed by atoms with Gasteiger partial charge in [0.05, 0.1) is 6.04 Å². The minimum absolute atomic E-state index is 0.0217. The number of unbranched alkanes of at least 4 members (excludes halogenated alkanes) is 5. The van der Waals surface area contributed by atoms with Crippen LogP contribution in [0.2, 0.25) is 0 Å². The summed E-state index contributed by atoms with van der Waals surface area (Å²) >= 11 is 2.03. The minimum atomic E-state index is -0.0242. The van der Waals surface area contributed by atoms with Gasteiger partial charge < -0.3 is 10.6 Å². The molecular formula is C31H38N4O5SSe2. The summed E-state index contributed by atoms with van der Waals surface area (Å²) in [6.45, 7) is 2.21. The van der Waals surface area contributed by atoms with Crippen LogP contribution < -0.4 is 31.2 Å². The fraction of sp³-hybridized carbons (Fsp3) is 0.516. The van der Waals surface area contributed by atoms with Crippen molar-refractivity contribution in [1.29, 1.82) is 0 Å². The molecule has 6 rings (SSSR count). The molecular weight excluding hydrogens is 698 g/mol. The fourth-order valence-corrected chi connectivity index (χ4v) is 11.7. The van der Waals surface area contributed by atoms with Crippen LogP contribution in [0.4, 0.5) is 4.79 Å². The normalized spacial score (nSPS) is 19.6. The Morgan fingerprint density at radius 3 is 2.12 bits per heavy atom. The summed E-state index contributed by atoms with van der Waals surface area (Å²) in [4.78, 5) is 37.4. The Balaban J connectivity index is 0.898. The van der Waals surface area contributed by atoms with Gasteiger partial charge in [0.2, 0.25) is 0 Å². The Labute approximate surface area is 267 Å². The maximum atomic E-state index is 13.1. The van der Waals surface area contributed by atoms with E-state index < -0.39 is 0 Å². The van der Waals surface area contributed by atoms with Crippen LogP contribution >= 0.6 is 11.8 Å². The van der Waals surface area contributed by atoms with E-state index in [1.807, 2.05) is 49.2 Å². The molecule has 4 aromatic rings. The summed E-state index contributed by atoms with van der Waals surface area (Å²) in [6.07, 6.45) is 8.37. The van der Waals surface area contributed by atoms with E-state index in [9.17, 15) is 14.4 Å². The van der Waals surface area contributed by atoms with Gasteiger partial charge in [-0.1, -0.05) is 0 Å². The topological polar surface area (TPSA) is 104 Å². The van der Waals surface area contributed by atoms with Gasteiger partial charge in [-0.2, -0.15) is 0 Å². The predicted octanol–water partition coefficient (Wildman–Crippen LogP) is 3.80. The molecule has 2 fully saturated rings. The van der Waals surface area contributed by atoms with Crippen LogP contribution in [-0.4, -0.2) is 79.4 Å². The van der Waals surface area contributed by atoms with E-state index in [1.54, 1.807) is 7.11 Å². The zero-order valence-corrected chi connectivity index (χ0v) is 28.6. The van der Waals surface area contributed by atoms with E-state index in [4.69, 9.17) is 9.47 Å². The number of ether oxygens (including phenoxy) is 2. The van der Waals surface area contributed by atoms with Gasteiger partial charge in [-0.15, -0.1) is 0 Å². The van der Waals surface area contributed by atoms with E-state index in [2.05, 4.69) is 16.7 Å². The van der Waals surface area contributed by atoms with Gasteiger partial charge >= 0.3 is 241 Å². The number of urea groups is 1. The number of nitrogens with zero attached hydrogens (tertiary/aromatic N) is 2. The van der Waals surface area contributed by atoms with Gasteiger partial charge in [0.15, 0.2) is 0 Å². The average molecular weight is 737 g/mol. The van der Waals surface area contributed by atoms with E-state index in [1.165, 1.54) is 0 Å². The van der Waals surface area contributed by atoms with E-state index in [0.717, 1.165) is 101 Å². The molecule has 2 aliphatic heterocycles. The molecule has 3 atom stereocenters. The second-order valence-corrected chi connectivity index (χ2v) is 17.0. The number of fused-ring (bicyclic) bond motifs is 3. The van der Waals surface area contributed by atoms with Crippen molar-refractivity contribution in [3.05, 3.63) is 57.1 Å². The van der Waals surface area contributed by atoms with Crippen molar-refractivity contribution in [1.82, 2.24) is 17.8 Å². The zero-order valence-electron chi connectivity index (χ0n) is 24.3. The van der Waals surface area contributed by atoms with Crippen molar-refractivity contribution in [2.45, 2.75) is 81.8 Å². The summed E-state index contributed by atoms with van der Waals surface area (Å²) < 4.78 is 17.5. The molecule has 0 saturated carbocycles. The zero-order chi connectivity index (χ0) is 29.8. The van der Waals surface area contributed by atoms with Crippen molar-refractivity contribution < 1.29 is 14.3 Å². The van der Waals surface area contributed by atoms with Crippen LogP contribution in [0.15, 0.2) is 46.0 Å². The second kappa shape index (κ2) is 14.2. The maximum absolute atomic E-state index is 13.1. The molecule has 9 nitrogen and oxygen atoms in total. The van der Waals surface area contributed by atoms with E-state index in [0.29, 0.717) is 11.9 Å². The first-order valence-corrected chi connectivity index (χ1v) is 19.4. The van der Waals surface area contributed by atoms with Gasteiger partial charge in [0.25, 0.3) is 0 Å². The number of thioether (sulfide) groups is 1. The standard InChI is InChI=1S/C31H38N4O5SSe2/c1-39-20-10-12-26-22(17-20)29(36)34(42-26)14-6-2-3-7-15-35-30(37)23-18-21(11-13-27(23)43-35)40-16-8-4-5-9-25-28-24(19-41-25)32-31(38)33-28/h10-13,17-18,24-25,28H,2-9,14-16,19H2,1H3,(H2,32,33,38)/t24-,25-,28-/m0/s1. The summed E-state index contributed by atoms with van der Waals surface area (Å²) in [7, 11) is 1.62. The SMILES string of the molecule is COc1ccc2[se]n(CCCCCCn3[se]c4ccc(OCCCCC[C@@H]5SC[C@@H]6NC(=O)N[C@@H]65)cc4c3=O)c(=O)c2c1. The van der Waals surface area contributed by atoms with Gasteiger partial charge in [-0.25, -0.2) is 4.79 Å². The Morgan fingerprint density at radius 1 is 0.814 bits per heavy atom. The van der Waals surface area contributed by atoms with Gasteiger partial charge in [0.1, 0.15) is 0 Å². The number of methoxy groups -OCH3 is 1. The van der Waals surface area contributed by atoms with Crippen LogP contribution in [0.5, 0.6) is 11.5 Å². The van der Waals surface area contributed by atoms with Crippen molar-refractivity contribution in [2.24, 2.45) is 0 Å². The molecule has 2 N–H and O–H groups in total. The van der Waals surface area contributed by atoms with Crippen LogP contribution in [0.1, 0.15) is 51.4 Å². The first kappa shape index (κ1) is 30.7. The molecule has 43 heavy (non-hydrogen) atoms. The monoisotopic (exact) mass is 738 g/mol. The number of amides is 2. The summed E-state index contributed by atoms with van der Waals surface area (Å²) in [6, 6.07) is 12.3. The van der Waals surface area contributed by atoms with Gasteiger partial charge in [-0.05, 0) is 0 Å². The molecule has 0 unspecified atom stereocenters. The van der Waals surface area contributed by atoms with Crippen molar-refractivity contribution in [3.8, 4) is 11.5 Å². The first-order chi connectivity index (χ1) is 21.0. The number of aromatic nitrogens is 2. The fourth-order valence-electron chi connectivity index (χ4n) is 5.93. The van der Waals surface area contributed by atoms with Crippen molar-refractivity contribution in [3.63, 3.8) is 0 Å². The molecule has 230 valence electrons. The summed E-state index contributed by atoms with van der Waals surface area (Å²) in [5, 5.41) is 8.15. The third-order valence-electron chi connectivity index (χ3n) is 8.28. The molecule has 2 saturated heterocycles. The van der Waals surface area contributed by atoms with Crippen LogP contribution in [0, 0.1) is 0 Å². The van der Waals surface area contributed by atoms with Crippen LogP contribution in [0.25, 0.3) is 19.3 Å². The molecule has 0 bridgehead atoms. The predicted molar refractivity (Wildman–Crippen MR) is 175 cm³/mol. The quantitative estimate of drug-likeness (QED) is 0.110. The number of benzene rings is 2. The molecule has 12 heteroatoms. The Morgan fingerprint density at radius 2 is 1.44 bits per heavy atom. The molecule has 0 aliphatic carbocycles. The number of hydrogen-bond acceptors (Lipinski definition) is 6. The number of hydrogen-bond donors (Lipinski definition) is 2. The number of aryl methyl sites for hydroxylation is 2.